The summed E-state index contributed by atoms with van der Waals surface area (Å²) in [4.78, 5) is -0.0263. The van der Waals surface area contributed by atoms with E-state index in [-0.39, 0.29) is 14.5 Å². The Balaban J connectivity index is 2.49. The molecule has 0 spiro atoms. The molecule has 1 heterocycles. The molecule has 18 heavy (non-hydrogen) atoms. The van der Waals surface area contributed by atoms with Crippen LogP contribution in [0.25, 0.3) is 0 Å². The maximum atomic E-state index is 13.0. The third-order valence-corrected chi connectivity index (χ3v) is 5.76. The Labute approximate surface area is 115 Å². The summed E-state index contributed by atoms with van der Waals surface area (Å²) in [5, 5.41) is 7.50. The molecule has 0 amide bonds. The first-order valence-corrected chi connectivity index (χ1v) is 7.74. The predicted octanol–water partition coefficient (Wildman–Crippen LogP) is 2.26. The Morgan fingerprint density at radius 3 is 2.72 bits per heavy atom. The Morgan fingerprint density at radius 2 is 2.17 bits per heavy atom. The van der Waals surface area contributed by atoms with Gasteiger partial charge in [0, 0.05) is 11.5 Å². The van der Waals surface area contributed by atoms with Crippen LogP contribution in [0.3, 0.4) is 0 Å². The third kappa shape index (κ3) is 2.38. The van der Waals surface area contributed by atoms with E-state index in [0.29, 0.717) is 0 Å². The van der Waals surface area contributed by atoms with Crippen molar-refractivity contribution in [1.29, 1.82) is 0 Å². The number of halogens is 2. The van der Waals surface area contributed by atoms with Crippen molar-refractivity contribution in [2.24, 2.45) is 0 Å². The maximum absolute atomic E-state index is 13.0. The van der Waals surface area contributed by atoms with Gasteiger partial charge in [-0.2, -0.15) is 0 Å². The fourth-order valence-electron chi connectivity index (χ4n) is 1.24. The first kappa shape index (κ1) is 13.4. The summed E-state index contributed by atoms with van der Waals surface area (Å²) in [5.74, 6) is -0.514. The molecule has 0 fully saturated rings. The molecule has 2 rings (SSSR count). The Bertz CT molecular complexity index is 660. The summed E-state index contributed by atoms with van der Waals surface area (Å²) in [6.45, 7) is 0. The molecule has 0 radical (unpaired) electrons. The van der Waals surface area contributed by atoms with Gasteiger partial charge in [-0.25, -0.2) is 17.1 Å². The van der Waals surface area contributed by atoms with Gasteiger partial charge in [-0.3, -0.25) is 0 Å². The number of rotatable bonds is 3. The number of anilines is 1. The summed E-state index contributed by atoms with van der Waals surface area (Å²) in [5.41, 5.74) is 1.43. The topological polar surface area (TPSA) is 63.2 Å². The van der Waals surface area contributed by atoms with Crippen LogP contribution in [0.15, 0.2) is 33.1 Å². The second-order valence-electron chi connectivity index (χ2n) is 3.27. The van der Waals surface area contributed by atoms with Gasteiger partial charge >= 0.3 is 0 Å². The number of aromatic nitrogens is 2. The Kier molecular flexibility index (Phi) is 3.64. The summed E-state index contributed by atoms with van der Waals surface area (Å²) >= 11 is 4.13. The summed E-state index contributed by atoms with van der Waals surface area (Å²) in [7, 11) is -2.41. The monoisotopic (exact) mass is 351 g/mol. The smallest absolute Gasteiger partial charge is 0.243 e. The first-order chi connectivity index (χ1) is 8.43. The van der Waals surface area contributed by atoms with Gasteiger partial charge in [0.05, 0.1) is 0 Å². The maximum Gasteiger partial charge on any atom is 0.267 e. The van der Waals surface area contributed by atoms with Crippen molar-refractivity contribution in [3.63, 3.8) is 0 Å². The van der Waals surface area contributed by atoms with E-state index >= 15 is 0 Å². The average Bonchev–Trinajstić information content (AvgIpc) is 2.80. The molecule has 96 valence electrons. The van der Waals surface area contributed by atoms with Gasteiger partial charge in [0.1, 0.15) is 16.2 Å². The van der Waals surface area contributed by atoms with Crippen molar-refractivity contribution in [3.05, 3.63) is 34.0 Å². The molecule has 1 aromatic heterocycles. The highest BCUT2D eigenvalue weighted by molar-refractivity contribution is 9.10. The normalized spacial score (nSPS) is 11.5. The number of nitrogens with zero attached hydrogens (tertiary/aromatic N) is 3. The van der Waals surface area contributed by atoms with Gasteiger partial charge in [0.15, 0.2) is 0 Å². The van der Waals surface area contributed by atoms with E-state index in [4.69, 9.17) is 0 Å². The van der Waals surface area contributed by atoms with Crippen LogP contribution in [0.5, 0.6) is 0 Å². The van der Waals surface area contributed by atoms with Crippen molar-refractivity contribution < 1.29 is 12.8 Å². The predicted molar refractivity (Wildman–Crippen MR) is 69.6 cm³/mol. The highest BCUT2D eigenvalue weighted by Crippen LogP contribution is 2.28. The molecule has 1 aromatic carbocycles. The molecule has 0 aliphatic heterocycles. The first-order valence-electron chi connectivity index (χ1n) is 4.63. The minimum Gasteiger partial charge on any atom is -0.243 e. The lowest BCUT2D eigenvalue weighted by atomic mass is 10.3. The van der Waals surface area contributed by atoms with Gasteiger partial charge in [-0.15, -0.1) is 10.2 Å². The molecule has 0 aliphatic carbocycles. The van der Waals surface area contributed by atoms with E-state index in [1.54, 1.807) is 0 Å². The Morgan fingerprint density at radius 1 is 1.44 bits per heavy atom. The van der Waals surface area contributed by atoms with Crippen LogP contribution in [0.1, 0.15) is 0 Å². The van der Waals surface area contributed by atoms with Crippen LogP contribution in [0, 0.1) is 5.82 Å². The zero-order valence-electron chi connectivity index (χ0n) is 9.04. The van der Waals surface area contributed by atoms with Gasteiger partial charge in [0.2, 0.25) is 5.13 Å². The van der Waals surface area contributed by atoms with Crippen LogP contribution in [-0.4, -0.2) is 25.7 Å². The number of hydrogen-bond acceptors (Lipinski definition) is 5. The average molecular weight is 352 g/mol. The zero-order chi connectivity index (χ0) is 13.3. The summed E-state index contributed by atoms with van der Waals surface area (Å²) < 4.78 is 38.7. The van der Waals surface area contributed by atoms with Gasteiger partial charge in [0.25, 0.3) is 10.0 Å². The molecule has 5 nitrogen and oxygen atoms in total. The van der Waals surface area contributed by atoms with E-state index in [1.807, 2.05) is 0 Å². The number of benzene rings is 1. The second-order valence-corrected chi connectivity index (χ2v) is 6.87. The number of hydrogen-bond donors (Lipinski definition) is 0. The largest absolute Gasteiger partial charge is 0.267 e. The lowest BCUT2D eigenvalue weighted by Crippen LogP contribution is -2.26. The SMILES string of the molecule is CN(c1nncs1)S(=O)(=O)c1ccc(F)cc1Br. The van der Waals surface area contributed by atoms with Gasteiger partial charge in [-0.05, 0) is 34.1 Å². The fraction of sp³-hybridized carbons (Fsp3) is 0.111. The van der Waals surface area contributed by atoms with Crippen LogP contribution in [-0.2, 0) is 10.0 Å². The molecule has 0 saturated heterocycles. The molecule has 0 unspecified atom stereocenters. The second kappa shape index (κ2) is 4.90. The Hall–Kier alpha value is -1.06. The molecule has 9 heteroatoms. The zero-order valence-corrected chi connectivity index (χ0v) is 12.3. The van der Waals surface area contributed by atoms with Gasteiger partial charge < -0.3 is 0 Å². The van der Waals surface area contributed by atoms with Crippen molar-refractivity contribution in [1.82, 2.24) is 10.2 Å². The third-order valence-electron chi connectivity index (χ3n) is 2.15. The standard InChI is InChI=1S/C9H7BrFN3O2S2/c1-14(9-13-12-5-17-9)18(15,16)8-3-2-6(11)4-7(8)10/h2-5H,1H3. The van der Waals surface area contributed by atoms with Crippen molar-refractivity contribution >= 4 is 42.4 Å². The minimum atomic E-state index is -3.78. The molecular formula is C9H7BrFN3O2S2. The molecule has 0 N–H and O–H groups in total. The van der Waals surface area contributed by atoms with E-state index in [9.17, 15) is 12.8 Å². The van der Waals surface area contributed by atoms with Crippen molar-refractivity contribution in [3.8, 4) is 0 Å². The van der Waals surface area contributed by atoms with Crippen LogP contribution in [0.4, 0.5) is 9.52 Å². The molecular weight excluding hydrogens is 345 g/mol. The lowest BCUT2D eigenvalue weighted by Gasteiger charge is -2.16. The van der Waals surface area contributed by atoms with Gasteiger partial charge in [-0.1, -0.05) is 11.3 Å². The molecule has 0 bridgehead atoms. The van der Waals surface area contributed by atoms with E-state index in [1.165, 1.54) is 18.6 Å². The lowest BCUT2D eigenvalue weighted by molar-refractivity contribution is 0.592. The van der Waals surface area contributed by atoms with Crippen molar-refractivity contribution in [2.75, 3.05) is 11.4 Å². The molecule has 0 aliphatic rings. The van der Waals surface area contributed by atoms with Crippen molar-refractivity contribution in [2.45, 2.75) is 4.90 Å². The van der Waals surface area contributed by atoms with E-state index in [2.05, 4.69) is 26.1 Å². The quantitative estimate of drug-likeness (QED) is 0.850. The fourth-order valence-corrected chi connectivity index (χ4v) is 4.14. The van der Waals surface area contributed by atoms with Crippen LogP contribution in [0.2, 0.25) is 0 Å². The van der Waals surface area contributed by atoms with E-state index in [0.717, 1.165) is 27.8 Å². The highest BCUT2D eigenvalue weighted by Gasteiger charge is 2.25. The number of sulfonamides is 1. The van der Waals surface area contributed by atoms with E-state index < -0.39 is 15.8 Å². The highest BCUT2D eigenvalue weighted by atomic mass is 79.9. The molecule has 0 atom stereocenters. The van der Waals surface area contributed by atoms with Crippen LogP contribution < -0.4 is 4.31 Å². The molecule has 2 aromatic rings. The molecule has 0 saturated carbocycles. The summed E-state index contributed by atoms with van der Waals surface area (Å²) in [6.07, 6.45) is 0. The van der Waals surface area contributed by atoms with Crippen LogP contribution >= 0.6 is 27.3 Å². The minimum absolute atomic E-state index is 0.0263. The summed E-state index contributed by atoms with van der Waals surface area (Å²) in [6, 6.07) is 3.39.